The van der Waals surface area contributed by atoms with Crippen molar-refractivity contribution in [3.63, 3.8) is 0 Å². The molecule has 0 unspecified atom stereocenters. The Labute approximate surface area is 98.5 Å². The Balaban J connectivity index is 0.000000386. The number of pyridine rings is 1. The highest BCUT2D eigenvalue weighted by Crippen LogP contribution is 2.17. The van der Waals surface area contributed by atoms with E-state index < -0.39 is 0 Å². The molecule has 0 amide bonds. The first-order valence-corrected chi connectivity index (χ1v) is 6.16. The molecule has 1 aromatic heterocycles. The molecule has 1 heteroatoms. The maximum atomic E-state index is 4.32. The number of benzene rings is 1. The van der Waals surface area contributed by atoms with Crippen molar-refractivity contribution in [1.82, 2.24) is 4.98 Å². The van der Waals surface area contributed by atoms with Crippen LogP contribution in [0.2, 0.25) is 0 Å². The smallest absolute Gasteiger partial charge is 0.0704 e. The maximum absolute atomic E-state index is 4.32. The monoisotopic (exact) mass is 215 g/mol. The van der Waals surface area contributed by atoms with Gasteiger partial charge in [0.1, 0.15) is 0 Å². The van der Waals surface area contributed by atoms with Crippen molar-refractivity contribution >= 4 is 10.9 Å². The molecule has 0 spiro atoms. The summed E-state index contributed by atoms with van der Waals surface area (Å²) in [6.45, 7) is 6.45. The van der Waals surface area contributed by atoms with E-state index in [0.29, 0.717) is 0 Å². The van der Waals surface area contributed by atoms with Crippen molar-refractivity contribution in [3.05, 3.63) is 42.1 Å². The van der Waals surface area contributed by atoms with Gasteiger partial charge in [-0.3, -0.25) is 4.98 Å². The summed E-state index contributed by atoms with van der Waals surface area (Å²) < 4.78 is 0. The van der Waals surface area contributed by atoms with Crippen LogP contribution in [0.15, 0.2) is 36.5 Å². The Bertz CT molecular complexity index is 415. The molecule has 1 heterocycles. The Hall–Kier alpha value is -1.37. The highest BCUT2D eigenvalue weighted by atomic mass is 14.6. The van der Waals surface area contributed by atoms with Crippen molar-refractivity contribution in [2.45, 2.75) is 40.0 Å². The number of aryl methyl sites for hydroxylation is 1. The van der Waals surface area contributed by atoms with Crippen LogP contribution in [0, 0.1) is 0 Å². The Kier molecular flexibility index (Phi) is 5.55. The van der Waals surface area contributed by atoms with Crippen LogP contribution in [-0.2, 0) is 6.42 Å². The third kappa shape index (κ3) is 3.34. The van der Waals surface area contributed by atoms with E-state index in [2.05, 4.69) is 50.0 Å². The van der Waals surface area contributed by atoms with E-state index in [1.807, 2.05) is 12.3 Å². The molecule has 2 rings (SSSR count). The lowest BCUT2D eigenvalue weighted by atomic mass is 10.0. The van der Waals surface area contributed by atoms with Crippen LogP contribution in [0.5, 0.6) is 0 Å². The minimum absolute atomic E-state index is 1.11. The van der Waals surface area contributed by atoms with Gasteiger partial charge in [0, 0.05) is 11.6 Å². The molecule has 0 saturated carbocycles. The molecule has 0 aliphatic heterocycles. The second kappa shape index (κ2) is 7.00. The lowest BCUT2D eigenvalue weighted by Crippen LogP contribution is -1.86. The van der Waals surface area contributed by atoms with Crippen molar-refractivity contribution in [2.75, 3.05) is 0 Å². The number of nitrogens with zero attached hydrogens (tertiary/aromatic N) is 1. The number of aromatic nitrogens is 1. The molecule has 0 aliphatic carbocycles. The van der Waals surface area contributed by atoms with Crippen LogP contribution in [0.1, 0.15) is 39.2 Å². The zero-order valence-corrected chi connectivity index (χ0v) is 10.5. The standard InChI is InChI=1S/C12H13N.C3H8/c1-2-5-10-6-3-8-12-11(10)7-4-9-13-12;1-3-2/h3-4,6-9H,2,5H2,1H3;3H2,1-2H3. The highest BCUT2D eigenvalue weighted by molar-refractivity contribution is 5.81. The van der Waals surface area contributed by atoms with E-state index in [1.54, 1.807) is 0 Å². The zero-order chi connectivity index (χ0) is 11.8. The largest absolute Gasteiger partial charge is 0.256 e. The summed E-state index contributed by atoms with van der Waals surface area (Å²) >= 11 is 0. The third-order valence-corrected chi connectivity index (χ3v) is 2.26. The lowest BCUT2D eigenvalue weighted by molar-refractivity contribution is 0.929. The van der Waals surface area contributed by atoms with Gasteiger partial charge in [-0.25, -0.2) is 0 Å². The number of hydrogen-bond donors (Lipinski definition) is 0. The van der Waals surface area contributed by atoms with Crippen molar-refractivity contribution < 1.29 is 0 Å². The maximum Gasteiger partial charge on any atom is 0.0704 e. The van der Waals surface area contributed by atoms with E-state index >= 15 is 0 Å². The minimum Gasteiger partial charge on any atom is -0.256 e. The van der Waals surface area contributed by atoms with Gasteiger partial charge in [0.25, 0.3) is 0 Å². The molecule has 86 valence electrons. The first-order chi connectivity index (χ1) is 7.83. The van der Waals surface area contributed by atoms with Gasteiger partial charge in [-0.1, -0.05) is 51.8 Å². The van der Waals surface area contributed by atoms with Gasteiger partial charge < -0.3 is 0 Å². The second-order valence-electron chi connectivity index (χ2n) is 3.94. The van der Waals surface area contributed by atoms with Gasteiger partial charge in [0.15, 0.2) is 0 Å². The molecule has 0 N–H and O–H groups in total. The molecule has 1 nitrogen and oxygen atoms in total. The Morgan fingerprint density at radius 2 is 1.75 bits per heavy atom. The van der Waals surface area contributed by atoms with Gasteiger partial charge in [0.2, 0.25) is 0 Å². The number of hydrogen-bond acceptors (Lipinski definition) is 1. The van der Waals surface area contributed by atoms with E-state index in [1.165, 1.54) is 23.8 Å². The van der Waals surface area contributed by atoms with Crippen molar-refractivity contribution in [2.24, 2.45) is 0 Å². The molecule has 0 saturated heterocycles. The van der Waals surface area contributed by atoms with E-state index in [9.17, 15) is 0 Å². The molecule has 0 aliphatic rings. The summed E-state index contributed by atoms with van der Waals surface area (Å²) in [5, 5.41) is 1.30. The molecular weight excluding hydrogens is 194 g/mol. The summed E-state index contributed by atoms with van der Waals surface area (Å²) in [6.07, 6.45) is 5.43. The van der Waals surface area contributed by atoms with Gasteiger partial charge in [-0.15, -0.1) is 0 Å². The molecule has 1 aromatic carbocycles. The fraction of sp³-hybridized carbons (Fsp3) is 0.400. The Morgan fingerprint density at radius 3 is 2.44 bits per heavy atom. The Morgan fingerprint density at radius 1 is 1.00 bits per heavy atom. The normalized spacial score (nSPS) is 9.69. The molecule has 0 bridgehead atoms. The number of rotatable bonds is 2. The minimum atomic E-state index is 1.11. The summed E-state index contributed by atoms with van der Waals surface area (Å²) in [5.74, 6) is 0. The number of fused-ring (bicyclic) bond motifs is 1. The van der Waals surface area contributed by atoms with Crippen LogP contribution in [-0.4, -0.2) is 4.98 Å². The fourth-order valence-electron chi connectivity index (χ4n) is 1.65. The SMILES string of the molecule is CCC.CCCc1cccc2ncccc12. The summed E-state index contributed by atoms with van der Waals surface area (Å²) in [6, 6.07) is 10.5. The average molecular weight is 215 g/mol. The third-order valence-electron chi connectivity index (χ3n) is 2.26. The van der Waals surface area contributed by atoms with E-state index in [4.69, 9.17) is 0 Å². The van der Waals surface area contributed by atoms with Gasteiger partial charge in [0.05, 0.1) is 5.52 Å². The van der Waals surface area contributed by atoms with Crippen LogP contribution >= 0.6 is 0 Å². The predicted molar refractivity (Wildman–Crippen MR) is 71.7 cm³/mol. The molecular formula is C15H21N. The lowest BCUT2D eigenvalue weighted by Gasteiger charge is -2.03. The van der Waals surface area contributed by atoms with E-state index in [-0.39, 0.29) is 0 Å². The molecule has 0 radical (unpaired) electrons. The highest BCUT2D eigenvalue weighted by Gasteiger charge is 1.98. The van der Waals surface area contributed by atoms with Gasteiger partial charge in [-0.05, 0) is 24.1 Å². The first-order valence-electron chi connectivity index (χ1n) is 6.16. The van der Waals surface area contributed by atoms with Crippen LogP contribution < -0.4 is 0 Å². The summed E-state index contributed by atoms with van der Waals surface area (Å²) in [4.78, 5) is 4.32. The first kappa shape index (κ1) is 12.7. The molecule has 16 heavy (non-hydrogen) atoms. The topological polar surface area (TPSA) is 12.9 Å². The van der Waals surface area contributed by atoms with E-state index in [0.717, 1.165) is 11.9 Å². The average Bonchev–Trinajstić information content (AvgIpc) is 2.31. The summed E-state index contributed by atoms with van der Waals surface area (Å²) in [5.41, 5.74) is 2.52. The predicted octanol–water partition coefficient (Wildman–Crippen LogP) is 4.60. The quantitative estimate of drug-likeness (QED) is 0.713. The van der Waals surface area contributed by atoms with Crippen molar-refractivity contribution in [3.8, 4) is 0 Å². The van der Waals surface area contributed by atoms with Crippen molar-refractivity contribution in [1.29, 1.82) is 0 Å². The second-order valence-corrected chi connectivity index (χ2v) is 3.94. The molecule has 0 fully saturated rings. The summed E-state index contributed by atoms with van der Waals surface area (Å²) in [7, 11) is 0. The molecule has 2 aromatic rings. The van der Waals surface area contributed by atoms with Crippen LogP contribution in [0.3, 0.4) is 0 Å². The van der Waals surface area contributed by atoms with Crippen LogP contribution in [0.4, 0.5) is 0 Å². The van der Waals surface area contributed by atoms with Gasteiger partial charge >= 0.3 is 0 Å². The fourth-order valence-corrected chi connectivity index (χ4v) is 1.65. The van der Waals surface area contributed by atoms with Gasteiger partial charge in [-0.2, -0.15) is 0 Å². The molecule has 0 atom stereocenters. The zero-order valence-electron chi connectivity index (χ0n) is 10.5. The van der Waals surface area contributed by atoms with Crippen LogP contribution in [0.25, 0.3) is 10.9 Å².